The normalized spacial score (nSPS) is 9.46. The molecule has 0 heterocycles. The standard InChI is InChI=1S/C6H15N5.ClH.Sm/c1-2-3-4-10-6(9)11-5(7)8;;/h2-4H2,1H3,(H6,7,8,9,10,11);1H;. The molecule has 0 radical (unpaired) electrons. The summed E-state index contributed by atoms with van der Waals surface area (Å²) in [5, 5.41) is 9.20. The van der Waals surface area contributed by atoms with Crippen LogP contribution in [0.15, 0.2) is 4.99 Å². The van der Waals surface area contributed by atoms with Crippen LogP contribution in [-0.4, -0.2) is 18.5 Å². The van der Waals surface area contributed by atoms with Crippen LogP contribution < -0.4 is 16.8 Å². The Kier molecular flexibility index (Phi) is 18.1. The summed E-state index contributed by atoms with van der Waals surface area (Å²) in [6.07, 6.45) is 2.08. The first-order valence-electron chi connectivity index (χ1n) is 3.57. The van der Waals surface area contributed by atoms with E-state index in [1.165, 1.54) is 0 Å². The third-order valence-electron chi connectivity index (χ3n) is 1.06. The zero-order valence-electron chi connectivity index (χ0n) is 7.54. The van der Waals surface area contributed by atoms with Crippen LogP contribution in [-0.2, 0) is 0 Å². The second kappa shape index (κ2) is 12.4. The molecule has 6 N–H and O–H groups in total. The van der Waals surface area contributed by atoms with Gasteiger partial charge in [0.25, 0.3) is 0 Å². The first kappa shape index (κ1) is 19.0. The van der Waals surface area contributed by atoms with Crippen molar-refractivity contribution in [2.75, 3.05) is 6.54 Å². The summed E-state index contributed by atoms with van der Waals surface area (Å²) in [7, 11) is 0. The molecule has 0 amide bonds. The van der Waals surface area contributed by atoms with Crippen molar-refractivity contribution in [1.29, 1.82) is 5.41 Å². The van der Waals surface area contributed by atoms with Crippen molar-refractivity contribution in [2.24, 2.45) is 16.5 Å². The Morgan fingerprint density at radius 3 is 2.38 bits per heavy atom. The van der Waals surface area contributed by atoms with Crippen molar-refractivity contribution >= 4 is 24.3 Å². The third-order valence-corrected chi connectivity index (χ3v) is 1.06. The summed E-state index contributed by atoms with van der Waals surface area (Å²) in [5.41, 5.74) is 10.3. The Bertz CT molecular complexity index is 161. The molecule has 0 aliphatic heterocycles. The molecule has 0 aliphatic carbocycles. The Labute approximate surface area is 117 Å². The number of nitrogens with zero attached hydrogens (tertiary/aromatic N) is 1. The van der Waals surface area contributed by atoms with Gasteiger partial charge in [-0.2, -0.15) is 0 Å². The van der Waals surface area contributed by atoms with E-state index in [2.05, 4.69) is 17.2 Å². The molecule has 0 atom stereocenters. The van der Waals surface area contributed by atoms with Crippen LogP contribution in [0, 0.1) is 45.8 Å². The number of guanidine groups is 2. The van der Waals surface area contributed by atoms with Crippen LogP contribution in [0.5, 0.6) is 0 Å². The molecule has 0 saturated carbocycles. The maximum Gasteiger partial charge on any atom is 0.195 e. The number of hydrogen-bond acceptors (Lipinski definition) is 2. The van der Waals surface area contributed by atoms with Crippen LogP contribution in [0.1, 0.15) is 19.8 Å². The SMILES string of the molecule is CCCCN=C(N)NC(=N)N.Cl.[Sm]. The smallest absolute Gasteiger partial charge is 0.195 e. The topological polar surface area (TPSA) is 100 Å². The molecular formula is C6H16ClN5Sm. The van der Waals surface area contributed by atoms with Crippen molar-refractivity contribution in [3.8, 4) is 0 Å². The molecule has 0 aromatic rings. The van der Waals surface area contributed by atoms with Gasteiger partial charge in [-0.25, -0.2) is 0 Å². The van der Waals surface area contributed by atoms with E-state index in [0.717, 1.165) is 12.8 Å². The van der Waals surface area contributed by atoms with Gasteiger partial charge < -0.3 is 11.5 Å². The predicted octanol–water partition coefficient (Wildman–Crippen LogP) is 0.00607. The van der Waals surface area contributed by atoms with Gasteiger partial charge in [0, 0.05) is 46.9 Å². The third kappa shape index (κ3) is 15.1. The number of rotatable bonds is 3. The monoisotopic (exact) mass is 345 g/mol. The zero-order valence-corrected chi connectivity index (χ0v) is 11.0. The van der Waals surface area contributed by atoms with Crippen molar-refractivity contribution < 1.29 is 40.4 Å². The van der Waals surface area contributed by atoms with E-state index in [9.17, 15) is 0 Å². The van der Waals surface area contributed by atoms with Gasteiger partial charge in [-0.05, 0) is 6.42 Å². The molecule has 0 aromatic heterocycles. The predicted molar refractivity (Wildman–Crippen MR) is 53.7 cm³/mol. The summed E-state index contributed by atoms with van der Waals surface area (Å²) >= 11 is 0. The van der Waals surface area contributed by atoms with Crippen LogP contribution in [0.4, 0.5) is 0 Å². The number of nitrogens with one attached hydrogen (secondary N) is 2. The Hall–Kier alpha value is 0.368. The molecule has 5 nitrogen and oxygen atoms in total. The van der Waals surface area contributed by atoms with Crippen molar-refractivity contribution in [3.63, 3.8) is 0 Å². The van der Waals surface area contributed by atoms with E-state index < -0.39 is 0 Å². The molecule has 0 bridgehead atoms. The molecule has 0 saturated heterocycles. The van der Waals surface area contributed by atoms with Gasteiger partial charge in [-0.1, -0.05) is 13.3 Å². The maximum absolute atomic E-state index is 6.81. The molecule has 0 aromatic carbocycles. The van der Waals surface area contributed by atoms with Gasteiger partial charge >= 0.3 is 0 Å². The van der Waals surface area contributed by atoms with E-state index >= 15 is 0 Å². The molecule has 0 unspecified atom stereocenters. The molecule has 0 rings (SSSR count). The van der Waals surface area contributed by atoms with Crippen molar-refractivity contribution in [1.82, 2.24) is 5.32 Å². The molecular weight excluding hydrogens is 328 g/mol. The van der Waals surface area contributed by atoms with Crippen molar-refractivity contribution in [2.45, 2.75) is 19.8 Å². The molecule has 0 fully saturated rings. The van der Waals surface area contributed by atoms with E-state index in [-0.39, 0.29) is 64.7 Å². The summed E-state index contributed by atoms with van der Waals surface area (Å²) in [4.78, 5) is 3.92. The molecule has 7 heteroatoms. The minimum Gasteiger partial charge on any atom is -0.370 e. The number of nitrogens with two attached hydrogens (primary N) is 2. The van der Waals surface area contributed by atoms with E-state index in [0.29, 0.717) is 6.54 Å². The summed E-state index contributed by atoms with van der Waals surface area (Å²) in [5.74, 6) is 0.0358. The van der Waals surface area contributed by atoms with Gasteiger partial charge in [0.05, 0.1) is 0 Å². The minimum absolute atomic E-state index is 0. The van der Waals surface area contributed by atoms with E-state index in [1.807, 2.05) is 0 Å². The van der Waals surface area contributed by atoms with E-state index in [1.54, 1.807) is 0 Å². The van der Waals surface area contributed by atoms with Crippen LogP contribution in [0.2, 0.25) is 0 Å². The summed E-state index contributed by atoms with van der Waals surface area (Å²) in [6.45, 7) is 2.76. The van der Waals surface area contributed by atoms with E-state index in [4.69, 9.17) is 16.9 Å². The number of unbranched alkanes of at least 4 members (excludes halogenated alkanes) is 1. The Balaban J connectivity index is -0.000000500. The average Bonchev–Trinajstić information content (AvgIpc) is 1.86. The second-order valence-corrected chi connectivity index (χ2v) is 2.16. The minimum atomic E-state index is -0.178. The number of halogens is 1. The Morgan fingerprint density at radius 2 is 2.00 bits per heavy atom. The van der Waals surface area contributed by atoms with Crippen LogP contribution in [0.25, 0.3) is 0 Å². The van der Waals surface area contributed by atoms with Crippen molar-refractivity contribution in [3.05, 3.63) is 0 Å². The van der Waals surface area contributed by atoms with Gasteiger partial charge in [-0.15, -0.1) is 12.4 Å². The molecule has 78 valence electrons. The van der Waals surface area contributed by atoms with Crippen LogP contribution in [0.3, 0.4) is 0 Å². The fourth-order valence-corrected chi connectivity index (χ4v) is 0.535. The summed E-state index contributed by atoms with van der Waals surface area (Å²) in [6, 6.07) is 0. The Morgan fingerprint density at radius 1 is 1.46 bits per heavy atom. The first-order chi connectivity index (χ1) is 5.16. The van der Waals surface area contributed by atoms with Gasteiger partial charge in [0.15, 0.2) is 11.9 Å². The maximum atomic E-state index is 6.81. The molecule has 13 heavy (non-hydrogen) atoms. The van der Waals surface area contributed by atoms with Gasteiger partial charge in [-0.3, -0.25) is 15.7 Å². The zero-order chi connectivity index (χ0) is 8.69. The first-order valence-corrected chi connectivity index (χ1v) is 3.57. The fourth-order valence-electron chi connectivity index (χ4n) is 0.535. The molecule has 0 aliphatic rings. The average molecular weight is 344 g/mol. The van der Waals surface area contributed by atoms with Crippen LogP contribution >= 0.6 is 12.4 Å². The quantitative estimate of drug-likeness (QED) is 0.330. The number of aliphatic imine (C=N–C) groups is 1. The van der Waals surface area contributed by atoms with Gasteiger partial charge in [0.1, 0.15) is 0 Å². The number of hydrogen-bond donors (Lipinski definition) is 4. The van der Waals surface area contributed by atoms with Gasteiger partial charge in [0.2, 0.25) is 0 Å². The largest absolute Gasteiger partial charge is 0.370 e. The summed E-state index contributed by atoms with van der Waals surface area (Å²) < 4.78 is 0. The molecule has 0 spiro atoms. The second-order valence-electron chi connectivity index (χ2n) is 2.16. The fraction of sp³-hybridized carbons (Fsp3) is 0.667.